The van der Waals surface area contributed by atoms with Crippen LogP contribution in [0.2, 0.25) is 0 Å². The van der Waals surface area contributed by atoms with Crippen molar-refractivity contribution in [2.75, 3.05) is 13.7 Å². The van der Waals surface area contributed by atoms with Gasteiger partial charge in [-0.15, -0.1) is 0 Å². The second-order valence-electron chi connectivity index (χ2n) is 3.08. The quantitative estimate of drug-likeness (QED) is 0.478. The molecule has 8 heteroatoms. The van der Waals surface area contributed by atoms with Crippen LogP contribution in [0.1, 0.15) is 10.4 Å². The van der Waals surface area contributed by atoms with Crippen molar-refractivity contribution in [2.45, 2.75) is 6.18 Å². The normalized spacial score (nSPS) is 11.2. The topological polar surface area (TPSA) is 44.8 Å². The molecule has 0 amide bonds. The van der Waals surface area contributed by atoms with E-state index in [9.17, 15) is 22.4 Å². The zero-order valence-corrected chi connectivity index (χ0v) is 9.08. The molecule has 0 fully saturated rings. The highest BCUT2D eigenvalue weighted by molar-refractivity contribution is 5.89. The summed E-state index contributed by atoms with van der Waals surface area (Å²) in [5.41, 5.74) is -0.476. The minimum Gasteiger partial charge on any atom is -0.484 e. The van der Waals surface area contributed by atoms with Crippen molar-refractivity contribution in [1.29, 1.82) is 0 Å². The van der Waals surface area contributed by atoms with Crippen LogP contribution in [0.3, 0.4) is 0 Å². The van der Waals surface area contributed by atoms with E-state index < -0.39 is 30.1 Å². The molecular formula is C10H8F4O4. The van der Waals surface area contributed by atoms with Gasteiger partial charge in [-0.3, -0.25) is 4.89 Å². The minimum absolute atomic E-state index is 0.348. The molecule has 0 atom stereocenters. The van der Waals surface area contributed by atoms with Gasteiger partial charge in [-0.1, -0.05) is 0 Å². The van der Waals surface area contributed by atoms with Gasteiger partial charge in [0.2, 0.25) is 0 Å². The van der Waals surface area contributed by atoms with Gasteiger partial charge < -0.3 is 4.74 Å². The van der Waals surface area contributed by atoms with Crippen molar-refractivity contribution in [3.63, 3.8) is 0 Å². The fourth-order valence-electron chi connectivity index (χ4n) is 1.04. The molecule has 100 valence electrons. The molecule has 1 aromatic rings. The fourth-order valence-corrected chi connectivity index (χ4v) is 1.04. The van der Waals surface area contributed by atoms with Crippen LogP contribution in [0, 0.1) is 5.82 Å². The van der Waals surface area contributed by atoms with Gasteiger partial charge in [0.15, 0.2) is 6.61 Å². The largest absolute Gasteiger partial charge is 0.484 e. The molecule has 0 saturated heterocycles. The molecule has 0 saturated carbocycles. The number of halogens is 4. The predicted octanol–water partition coefficient (Wildman–Crippen LogP) is 2.49. The summed E-state index contributed by atoms with van der Waals surface area (Å²) in [6, 6.07) is 2.60. The molecule has 0 aliphatic carbocycles. The Balaban J connectivity index is 2.76. The molecule has 0 heterocycles. The van der Waals surface area contributed by atoms with Crippen molar-refractivity contribution in [3.8, 4) is 5.75 Å². The van der Waals surface area contributed by atoms with E-state index in [2.05, 4.69) is 14.5 Å². The van der Waals surface area contributed by atoms with Crippen LogP contribution < -0.4 is 4.74 Å². The van der Waals surface area contributed by atoms with Gasteiger partial charge in [0.25, 0.3) is 0 Å². The number of benzene rings is 1. The molecule has 0 aromatic heterocycles. The number of rotatable bonds is 4. The molecule has 0 bridgehead atoms. The van der Waals surface area contributed by atoms with E-state index >= 15 is 0 Å². The third kappa shape index (κ3) is 4.21. The second-order valence-corrected chi connectivity index (χ2v) is 3.08. The Hall–Kier alpha value is -1.83. The first-order valence-electron chi connectivity index (χ1n) is 4.57. The first kappa shape index (κ1) is 14.2. The van der Waals surface area contributed by atoms with Crippen LogP contribution in [0.15, 0.2) is 18.2 Å². The summed E-state index contributed by atoms with van der Waals surface area (Å²) in [6.45, 7) is -1.55. The lowest BCUT2D eigenvalue weighted by Crippen LogP contribution is -2.19. The molecule has 18 heavy (non-hydrogen) atoms. The van der Waals surface area contributed by atoms with E-state index in [4.69, 9.17) is 0 Å². The van der Waals surface area contributed by atoms with Gasteiger partial charge in [0.1, 0.15) is 11.6 Å². The zero-order chi connectivity index (χ0) is 13.8. The Morgan fingerprint density at radius 1 is 1.33 bits per heavy atom. The number of hydrogen-bond donors (Lipinski definition) is 0. The van der Waals surface area contributed by atoms with Gasteiger partial charge in [-0.2, -0.15) is 18.1 Å². The Bertz CT molecular complexity index is 430. The number of carbonyl (C=O) groups excluding carboxylic acids is 1. The molecule has 0 unspecified atom stereocenters. The third-order valence-corrected chi connectivity index (χ3v) is 1.72. The maximum absolute atomic E-state index is 13.3. The zero-order valence-electron chi connectivity index (χ0n) is 9.08. The summed E-state index contributed by atoms with van der Waals surface area (Å²) in [4.78, 5) is 19.2. The van der Waals surface area contributed by atoms with Crippen molar-refractivity contribution >= 4 is 5.97 Å². The number of hydrogen-bond acceptors (Lipinski definition) is 4. The number of alkyl halides is 3. The first-order valence-corrected chi connectivity index (χ1v) is 4.57. The van der Waals surface area contributed by atoms with Gasteiger partial charge >= 0.3 is 12.1 Å². The lowest BCUT2D eigenvalue weighted by atomic mass is 10.2. The molecule has 0 spiro atoms. The van der Waals surface area contributed by atoms with Gasteiger partial charge in [0, 0.05) is 6.07 Å². The Labute approximate surface area is 99.0 Å². The van der Waals surface area contributed by atoms with Crippen LogP contribution in [-0.2, 0) is 9.78 Å². The third-order valence-electron chi connectivity index (χ3n) is 1.72. The van der Waals surface area contributed by atoms with E-state index in [1.165, 1.54) is 0 Å². The highest BCUT2D eigenvalue weighted by atomic mass is 19.4. The Kier molecular flexibility index (Phi) is 4.49. The Morgan fingerprint density at radius 2 is 2.00 bits per heavy atom. The molecule has 1 aromatic carbocycles. The average molecular weight is 268 g/mol. The highest BCUT2D eigenvalue weighted by Gasteiger charge is 2.28. The standard InChI is InChI=1S/C10H8F4O4/c1-16-18-9(15)7-3-2-6(4-8(7)11)17-5-10(12,13)14/h2-4H,5H2,1H3. The van der Waals surface area contributed by atoms with Crippen LogP contribution >= 0.6 is 0 Å². The van der Waals surface area contributed by atoms with E-state index in [1.54, 1.807) is 0 Å². The summed E-state index contributed by atoms with van der Waals surface area (Å²) in [5, 5.41) is 0. The van der Waals surface area contributed by atoms with Crippen LogP contribution in [-0.4, -0.2) is 25.9 Å². The fraction of sp³-hybridized carbons (Fsp3) is 0.300. The van der Waals surface area contributed by atoms with Gasteiger partial charge in [0.05, 0.1) is 12.7 Å². The molecular weight excluding hydrogens is 260 g/mol. The van der Waals surface area contributed by atoms with Crippen molar-refractivity contribution in [3.05, 3.63) is 29.6 Å². The van der Waals surface area contributed by atoms with E-state index in [0.29, 0.717) is 6.07 Å². The maximum atomic E-state index is 13.3. The van der Waals surface area contributed by atoms with E-state index in [-0.39, 0.29) is 5.75 Å². The summed E-state index contributed by atoms with van der Waals surface area (Å²) in [5.74, 6) is -2.52. The number of carbonyl (C=O) groups is 1. The lowest BCUT2D eigenvalue weighted by Gasteiger charge is -2.09. The summed E-state index contributed by atoms with van der Waals surface area (Å²) >= 11 is 0. The SMILES string of the molecule is COOC(=O)c1ccc(OCC(F)(F)F)cc1F. The molecule has 0 aliphatic rings. The predicted molar refractivity (Wildman–Crippen MR) is 50.4 cm³/mol. The molecule has 0 N–H and O–H groups in total. The molecule has 0 radical (unpaired) electrons. The highest BCUT2D eigenvalue weighted by Crippen LogP contribution is 2.21. The summed E-state index contributed by atoms with van der Waals surface area (Å²) in [7, 11) is 1.05. The average Bonchev–Trinajstić information content (AvgIpc) is 2.25. The molecule has 0 aliphatic heterocycles. The van der Waals surface area contributed by atoms with Crippen LogP contribution in [0.25, 0.3) is 0 Å². The van der Waals surface area contributed by atoms with Crippen LogP contribution in [0.4, 0.5) is 17.6 Å². The summed E-state index contributed by atoms with van der Waals surface area (Å²) in [6.07, 6.45) is -4.52. The summed E-state index contributed by atoms with van der Waals surface area (Å²) < 4.78 is 53.1. The smallest absolute Gasteiger partial charge is 0.422 e. The van der Waals surface area contributed by atoms with Crippen molar-refractivity contribution < 1.29 is 36.9 Å². The Morgan fingerprint density at radius 3 is 2.50 bits per heavy atom. The monoisotopic (exact) mass is 268 g/mol. The minimum atomic E-state index is -4.52. The van der Waals surface area contributed by atoms with Crippen molar-refractivity contribution in [1.82, 2.24) is 0 Å². The lowest BCUT2D eigenvalue weighted by molar-refractivity contribution is -0.216. The van der Waals surface area contributed by atoms with Crippen LogP contribution in [0.5, 0.6) is 5.75 Å². The van der Waals surface area contributed by atoms with Gasteiger partial charge in [-0.05, 0) is 12.1 Å². The second kappa shape index (κ2) is 5.67. The maximum Gasteiger partial charge on any atom is 0.422 e. The van der Waals surface area contributed by atoms with Crippen molar-refractivity contribution in [2.24, 2.45) is 0 Å². The van der Waals surface area contributed by atoms with E-state index in [0.717, 1.165) is 19.2 Å². The van der Waals surface area contributed by atoms with Gasteiger partial charge in [-0.25, -0.2) is 9.18 Å². The number of ether oxygens (including phenoxy) is 1. The van der Waals surface area contributed by atoms with E-state index in [1.807, 2.05) is 0 Å². The molecule has 1 rings (SSSR count). The first-order chi connectivity index (χ1) is 8.33. The molecule has 4 nitrogen and oxygen atoms in total.